The van der Waals surface area contributed by atoms with Crippen molar-refractivity contribution < 1.29 is 4.52 Å². The minimum absolute atomic E-state index is 0.174. The third kappa shape index (κ3) is 2.95. The standard InChI is InChI=1S/C17H19N3O/c1-2-3-8-15(18)17-19-16(20-21-17)14-10-9-12-6-4-5-7-13(12)11-14/h4-7,9-11,15H,2-3,8,18H2,1H3/t15-/m0/s1. The molecule has 4 nitrogen and oxygen atoms in total. The first-order chi connectivity index (χ1) is 10.3. The molecule has 1 aromatic heterocycles. The van der Waals surface area contributed by atoms with E-state index < -0.39 is 0 Å². The lowest BCUT2D eigenvalue weighted by molar-refractivity contribution is 0.346. The van der Waals surface area contributed by atoms with E-state index in [9.17, 15) is 0 Å². The van der Waals surface area contributed by atoms with Crippen molar-refractivity contribution in [3.05, 3.63) is 48.4 Å². The molecule has 0 radical (unpaired) electrons. The van der Waals surface area contributed by atoms with Gasteiger partial charge in [0.1, 0.15) is 0 Å². The minimum atomic E-state index is -0.174. The second-order valence-electron chi connectivity index (χ2n) is 5.27. The van der Waals surface area contributed by atoms with E-state index in [2.05, 4.69) is 41.3 Å². The molecule has 0 saturated carbocycles. The van der Waals surface area contributed by atoms with Crippen LogP contribution in [-0.4, -0.2) is 10.1 Å². The molecule has 2 aromatic carbocycles. The number of unbranched alkanes of at least 4 members (excludes halogenated alkanes) is 1. The number of aromatic nitrogens is 2. The first-order valence-corrected chi connectivity index (χ1v) is 7.36. The van der Waals surface area contributed by atoms with Gasteiger partial charge in [0.05, 0.1) is 6.04 Å². The Morgan fingerprint density at radius 1 is 1.14 bits per heavy atom. The normalized spacial score (nSPS) is 12.7. The van der Waals surface area contributed by atoms with Crippen molar-refractivity contribution in [3.8, 4) is 11.4 Å². The van der Waals surface area contributed by atoms with Crippen LogP contribution < -0.4 is 5.73 Å². The number of hydrogen-bond donors (Lipinski definition) is 1. The maximum absolute atomic E-state index is 6.07. The van der Waals surface area contributed by atoms with E-state index in [4.69, 9.17) is 10.3 Å². The van der Waals surface area contributed by atoms with E-state index in [1.807, 2.05) is 18.2 Å². The van der Waals surface area contributed by atoms with Gasteiger partial charge >= 0.3 is 0 Å². The maximum atomic E-state index is 6.07. The molecule has 0 bridgehead atoms. The lowest BCUT2D eigenvalue weighted by Gasteiger charge is -2.03. The number of nitrogens with zero attached hydrogens (tertiary/aromatic N) is 2. The second kappa shape index (κ2) is 6.06. The highest BCUT2D eigenvalue weighted by Crippen LogP contribution is 2.24. The number of rotatable bonds is 5. The Balaban J connectivity index is 1.87. The Hall–Kier alpha value is -2.20. The van der Waals surface area contributed by atoms with Crippen LogP contribution in [0.15, 0.2) is 47.0 Å². The van der Waals surface area contributed by atoms with Crippen LogP contribution in [0.5, 0.6) is 0 Å². The van der Waals surface area contributed by atoms with Gasteiger partial charge in [0.15, 0.2) is 0 Å². The van der Waals surface area contributed by atoms with Crippen molar-refractivity contribution in [2.75, 3.05) is 0 Å². The molecule has 1 atom stereocenters. The molecule has 1 heterocycles. The zero-order chi connectivity index (χ0) is 14.7. The van der Waals surface area contributed by atoms with Crippen LogP contribution in [0.1, 0.15) is 38.1 Å². The molecular weight excluding hydrogens is 262 g/mol. The predicted octanol–water partition coefficient (Wildman–Crippen LogP) is 4.08. The Labute approximate surface area is 124 Å². The first-order valence-electron chi connectivity index (χ1n) is 7.36. The van der Waals surface area contributed by atoms with Crippen molar-refractivity contribution in [1.29, 1.82) is 0 Å². The van der Waals surface area contributed by atoms with Gasteiger partial charge in [0.2, 0.25) is 11.7 Å². The average molecular weight is 281 g/mol. The Morgan fingerprint density at radius 2 is 1.95 bits per heavy atom. The highest BCUT2D eigenvalue weighted by Gasteiger charge is 2.15. The summed E-state index contributed by atoms with van der Waals surface area (Å²) in [5.74, 6) is 1.12. The number of hydrogen-bond acceptors (Lipinski definition) is 4. The number of nitrogens with two attached hydrogens (primary N) is 1. The maximum Gasteiger partial charge on any atom is 0.243 e. The predicted molar refractivity (Wildman–Crippen MR) is 83.7 cm³/mol. The fourth-order valence-corrected chi connectivity index (χ4v) is 2.38. The van der Waals surface area contributed by atoms with Gasteiger partial charge in [-0.15, -0.1) is 0 Å². The topological polar surface area (TPSA) is 64.9 Å². The molecule has 0 saturated heterocycles. The third-order valence-corrected chi connectivity index (χ3v) is 3.64. The molecule has 0 fully saturated rings. The van der Waals surface area contributed by atoms with E-state index in [1.165, 1.54) is 5.39 Å². The smallest absolute Gasteiger partial charge is 0.243 e. The summed E-state index contributed by atoms with van der Waals surface area (Å²) in [5, 5.41) is 6.42. The summed E-state index contributed by atoms with van der Waals surface area (Å²) in [6.07, 6.45) is 3.05. The highest BCUT2D eigenvalue weighted by molar-refractivity contribution is 5.86. The molecule has 108 valence electrons. The van der Waals surface area contributed by atoms with Crippen LogP contribution >= 0.6 is 0 Å². The molecule has 0 aliphatic heterocycles. The van der Waals surface area contributed by atoms with Gasteiger partial charge in [-0.05, 0) is 23.3 Å². The molecule has 0 aliphatic rings. The molecule has 4 heteroatoms. The molecular formula is C17H19N3O. The van der Waals surface area contributed by atoms with Crippen LogP contribution in [0.2, 0.25) is 0 Å². The van der Waals surface area contributed by atoms with Gasteiger partial charge in [0, 0.05) is 5.56 Å². The molecule has 0 aliphatic carbocycles. The number of fused-ring (bicyclic) bond motifs is 1. The summed E-state index contributed by atoms with van der Waals surface area (Å²) in [5.41, 5.74) is 7.02. The zero-order valence-corrected chi connectivity index (χ0v) is 12.1. The van der Waals surface area contributed by atoms with Crippen LogP contribution in [0, 0.1) is 0 Å². The van der Waals surface area contributed by atoms with Crippen molar-refractivity contribution >= 4 is 10.8 Å². The van der Waals surface area contributed by atoms with E-state index in [0.29, 0.717) is 11.7 Å². The number of benzene rings is 2. The van der Waals surface area contributed by atoms with E-state index in [-0.39, 0.29) is 6.04 Å². The van der Waals surface area contributed by atoms with Gasteiger partial charge in [-0.2, -0.15) is 4.98 Å². The Bertz CT molecular complexity index is 735. The van der Waals surface area contributed by atoms with Crippen molar-refractivity contribution in [1.82, 2.24) is 10.1 Å². The van der Waals surface area contributed by atoms with Crippen molar-refractivity contribution in [3.63, 3.8) is 0 Å². The summed E-state index contributed by atoms with van der Waals surface area (Å²) in [6, 6.07) is 14.2. The fraction of sp³-hybridized carbons (Fsp3) is 0.294. The molecule has 0 amide bonds. The minimum Gasteiger partial charge on any atom is -0.337 e. The summed E-state index contributed by atoms with van der Waals surface area (Å²) >= 11 is 0. The highest BCUT2D eigenvalue weighted by atomic mass is 16.5. The second-order valence-corrected chi connectivity index (χ2v) is 5.27. The molecule has 21 heavy (non-hydrogen) atoms. The Kier molecular flexibility index (Phi) is 3.97. The van der Waals surface area contributed by atoms with Gasteiger partial charge in [0.25, 0.3) is 0 Å². The zero-order valence-electron chi connectivity index (χ0n) is 12.1. The quantitative estimate of drug-likeness (QED) is 0.765. The van der Waals surface area contributed by atoms with Crippen molar-refractivity contribution in [2.45, 2.75) is 32.2 Å². The third-order valence-electron chi connectivity index (χ3n) is 3.64. The van der Waals surface area contributed by atoms with Gasteiger partial charge < -0.3 is 10.3 Å². The summed E-state index contributed by atoms with van der Waals surface area (Å²) in [6.45, 7) is 2.14. The molecule has 0 unspecified atom stereocenters. The molecule has 0 spiro atoms. The molecule has 2 N–H and O–H groups in total. The van der Waals surface area contributed by atoms with Crippen LogP contribution in [0.4, 0.5) is 0 Å². The van der Waals surface area contributed by atoms with E-state index in [1.54, 1.807) is 0 Å². The van der Waals surface area contributed by atoms with Crippen LogP contribution in [-0.2, 0) is 0 Å². The van der Waals surface area contributed by atoms with E-state index >= 15 is 0 Å². The average Bonchev–Trinajstić information content (AvgIpc) is 3.02. The van der Waals surface area contributed by atoms with Gasteiger partial charge in [-0.1, -0.05) is 61.3 Å². The summed E-state index contributed by atoms with van der Waals surface area (Å²) < 4.78 is 5.30. The lowest BCUT2D eigenvalue weighted by Crippen LogP contribution is -2.10. The van der Waals surface area contributed by atoms with Crippen LogP contribution in [0.25, 0.3) is 22.2 Å². The SMILES string of the molecule is CCCC[C@H](N)c1nc(-c2ccc3ccccc3c2)no1. The molecule has 3 aromatic rings. The van der Waals surface area contributed by atoms with Gasteiger partial charge in [-0.25, -0.2) is 0 Å². The Morgan fingerprint density at radius 3 is 2.76 bits per heavy atom. The fourth-order valence-electron chi connectivity index (χ4n) is 2.38. The monoisotopic (exact) mass is 281 g/mol. The lowest BCUT2D eigenvalue weighted by atomic mass is 10.1. The van der Waals surface area contributed by atoms with Crippen LogP contribution in [0.3, 0.4) is 0 Å². The summed E-state index contributed by atoms with van der Waals surface area (Å²) in [7, 11) is 0. The van der Waals surface area contributed by atoms with E-state index in [0.717, 1.165) is 30.2 Å². The largest absolute Gasteiger partial charge is 0.337 e. The summed E-state index contributed by atoms with van der Waals surface area (Å²) in [4.78, 5) is 4.44. The van der Waals surface area contributed by atoms with Crippen molar-refractivity contribution in [2.24, 2.45) is 5.73 Å². The first kappa shape index (κ1) is 13.8. The molecule has 3 rings (SSSR count). The van der Waals surface area contributed by atoms with Gasteiger partial charge in [-0.3, -0.25) is 0 Å².